The van der Waals surface area contributed by atoms with Crippen LogP contribution in [-0.2, 0) is 0 Å². The Kier molecular flexibility index (Phi) is 6.38. The Morgan fingerprint density at radius 3 is 2.58 bits per heavy atom. The third kappa shape index (κ3) is 5.03. The molecule has 0 unspecified atom stereocenters. The van der Waals surface area contributed by atoms with Gasteiger partial charge in [-0.3, -0.25) is 10.0 Å². The molecule has 0 aromatic heterocycles. The van der Waals surface area contributed by atoms with Crippen molar-refractivity contribution in [1.29, 1.82) is 0 Å². The number of unbranched alkanes of at least 4 members (excludes halogenated alkanes) is 2. The van der Waals surface area contributed by atoms with Gasteiger partial charge in [-0.2, -0.15) is 0 Å². The molecule has 2 rings (SSSR count). The predicted molar refractivity (Wildman–Crippen MR) is 97.8 cm³/mol. The monoisotopic (exact) mass is 337 g/mol. The fourth-order valence-electron chi connectivity index (χ4n) is 3.11. The summed E-state index contributed by atoms with van der Waals surface area (Å²) in [4.78, 5) is 14.0. The Balaban J connectivity index is 1.69. The summed E-state index contributed by atoms with van der Waals surface area (Å²) in [5.41, 5.74) is 4.79. The number of urea groups is 1. The molecule has 24 heavy (non-hydrogen) atoms. The van der Waals surface area contributed by atoms with E-state index in [0.717, 1.165) is 38.9 Å². The lowest BCUT2D eigenvalue weighted by Gasteiger charge is -2.26. The second-order valence-electron chi connectivity index (χ2n) is 8.10. The van der Waals surface area contributed by atoms with Crippen LogP contribution in [0.5, 0.6) is 0 Å². The molecule has 138 valence electrons. The fraction of sp³-hybridized carbons (Fsp3) is 0.833. The molecule has 2 heterocycles. The molecule has 1 atom stereocenters. The normalized spacial score (nSPS) is 21.5. The molecule has 0 aromatic carbocycles. The number of hydrogen-bond acceptors (Lipinski definition) is 4. The van der Waals surface area contributed by atoms with Gasteiger partial charge in [0.2, 0.25) is 0 Å². The van der Waals surface area contributed by atoms with Crippen molar-refractivity contribution in [2.24, 2.45) is 5.41 Å². The van der Waals surface area contributed by atoms with Crippen LogP contribution < -0.4 is 10.9 Å². The highest BCUT2D eigenvalue weighted by Gasteiger charge is 2.35. The van der Waals surface area contributed by atoms with Crippen molar-refractivity contribution in [2.75, 3.05) is 26.7 Å². The average molecular weight is 338 g/mol. The number of amides is 2. The topological polar surface area (TPSA) is 50.9 Å². The minimum atomic E-state index is 0.0968. The fourth-order valence-corrected chi connectivity index (χ4v) is 3.11. The molecule has 0 bridgehead atoms. The molecule has 0 spiro atoms. The van der Waals surface area contributed by atoms with Crippen LogP contribution in [0.3, 0.4) is 0 Å². The summed E-state index contributed by atoms with van der Waals surface area (Å²) in [6.07, 6.45) is 7.81. The van der Waals surface area contributed by atoms with Crippen LogP contribution in [0.25, 0.3) is 0 Å². The smallest absolute Gasteiger partial charge is 0.317 e. The molecule has 2 amide bonds. The van der Waals surface area contributed by atoms with Gasteiger partial charge in [-0.1, -0.05) is 34.1 Å². The summed E-state index contributed by atoms with van der Waals surface area (Å²) in [5.74, 6) is 0. The van der Waals surface area contributed by atoms with Gasteiger partial charge < -0.3 is 10.2 Å². The van der Waals surface area contributed by atoms with Gasteiger partial charge in [0.1, 0.15) is 0 Å². The van der Waals surface area contributed by atoms with Crippen LogP contribution in [0.15, 0.2) is 11.9 Å². The van der Waals surface area contributed by atoms with Crippen molar-refractivity contribution >= 4 is 6.03 Å². The largest absolute Gasteiger partial charge is 0.333 e. The maximum absolute atomic E-state index is 12.1. The highest BCUT2D eigenvalue weighted by molar-refractivity contribution is 5.77. The highest BCUT2D eigenvalue weighted by Crippen LogP contribution is 2.24. The Morgan fingerprint density at radius 2 is 1.96 bits per heavy atom. The quantitative estimate of drug-likeness (QED) is 0.669. The first-order chi connectivity index (χ1) is 11.3. The zero-order chi connectivity index (χ0) is 17.7. The van der Waals surface area contributed by atoms with E-state index in [-0.39, 0.29) is 17.5 Å². The first kappa shape index (κ1) is 18.9. The van der Waals surface area contributed by atoms with E-state index in [1.807, 2.05) is 4.90 Å². The SMILES string of the molecule is CCCCN1C=C(CCCCN2C[C@H](C(C)(C)C)NC2=O)N(C)N1. The van der Waals surface area contributed by atoms with E-state index in [1.165, 1.54) is 18.5 Å². The zero-order valence-electron chi connectivity index (χ0n) is 16.1. The summed E-state index contributed by atoms with van der Waals surface area (Å²) in [7, 11) is 2.07. The van der Waals surface area contributed by atoms with E-state index in [9.17, 15) is 4.79 Å². The van der Waals surface area contributed by atoms with Crippen molar-refractivity contribution in [2.45, 2.75) is 65.8 Å². The van der Waals surface area contributed by atoms with Crippen LogP contribution in [0.4, 0.5) is 4.79 Å². The van der Waals surface area contributed by atoms with Gasteiger partial charge in [0.15, 0.2) is 0 Å². The van der Waals surface area contributed by atoms with Crippen molar-refractivity contribution in [3.8, 4) is 0 Å². The molecule has 1 fully saturated rings. The average Bonchev–Trinajstić information content (AvgIpc) is 3.04. The van der Waals surface area contributed by atoms with E-state index in [0.29, 0.717) is 0 Å². The van der Waals surface area contributed by atoms with E-state index in [2.05, 4.69) is 61.8 Å². The predicted octanol–water partition coefficient (Wildman–Crippen LogP) is 2.91. The van der Waals surface area contributed by atoms with Gasteiger partial charge in [0, 0.05) is 38.6 Å². The van der Waals surface area contributed by atoms with Gasteiger partial charge in [-0.05, 0) is 31.1 Å². The number of allylic oxidation sites excluding steroid dienone is 1. The van der Waals surface area contributed by atoms with Crippen molar-refractivity contribution in [3.63, 3.8) is 0 Å². The van der Waals surface area contributed by atoms with Crippen LogP contribution in [-0.4, -0.2) is 53.7 Å². The number of nitrogens with zero attached hydrogens (tertiary/aromatic N) is 3. The molecule has 2 aliphatic rings. The van der Waals surface area contributed by atoms with E-state index >= 15 is 0 Å². The third-order valence-corrected chi connectivity index (χ3v) is 4.91. The number of hydrazine groups is 2. The first-order valence-corrected chi connectivity index (χ1v) is 9.34. The van der Waals surface area contributed by atoms with Crippen LogP contribution in [0, 0.1) is 5.41 Å². The number of nitrogens with one attached hydrogen (secondary N) is 2. The molecule has 6 heteroatoms. The molecular weight excluding hydrogens is 302 g/mol. The molecule has 0 radical (unpaired) electrons. The van der Waals surface area contributed by atoms with Crippen molar-refractivity contribution in [1.82, 2.24) is 25.8 Å². The summed E-state index contributed by atoms with van der Waals surface area (Å²) >= 11 is 0. The van der Waals surface area contributed by atoms with Gasteiger partial charge in [-0.15, -0.1) is 5.53 Å². The van der Waals surface area contributed by atoms with Crippen molar-refractivity contribution in [3.05, 3.63) is 11.9 Å². The molecule has 2 aliphatic heterocycles. The lowest BCUT2D eigenvalue weighted by atomic mass is 9.87. The summed E-state index contributed by atoms with van der Waals surface area (Å²) in [6, 6.07) is 0.351. The van der Waals surface area contributed by atoms with Crippen LogP contribution in [0.2, 0.25) is 0 Å². The standard InChI is InChI=1S/C18H35N5O/c1-6-7-12-23-13-15(21(5)20-23)10-8-9-11-22-14-16(18(2,3)4)19-17(22)24/h13,16,20H,6-12,14H2,1-5H3,(H,19,24)/t16-/m1/s1. The number of rotatable bonds is 8. The van der Waals surface area contributed by atoms with E-state index < -0.39 is 0 Å². The Hall–Kier alpha value is -1.43. The molecule has 0 saturated carbocycles. The number of carbonyl (C=O) groups excluding carboxylic acids is 1. The molecule has 0 aromatic rings. The Morgan fingerprint density at radius 1 is 1.21 bits per heavy atom. The third-order valence-electron chi connectivity index (χ3n) is 4.91. The first-order valence-electron chi connectivity index (χ1n) is 9.34. The molecule has 6 nitrogen and oxygen atoms in total. The number of carbonyl (C=O) groups is 1. The maximum atomic E-state index is 12.1. The van der Waals surface area contributed by atoms with Crippen LogP contribution in [0.1, 0.15) is 59.8 Å². The molecule has 1 saturated heterocycles. The Labute approximate surface area is 147 Å². The highest BCUT2D eigenvalue weighted by atomic mass is 16.2. The van der Waals surface area contributed by atoms with Gasteiger partial charge in [0.25, 0.3) is 0 Å². The second kappa shape index (κ2) is 8.10. The molecule has 0 aliphatic carbocycles. The minimum absolute atomic E-state index is 0.0968. The van der Waals surface area contributed by atoms with E-state index in [1.54, 1.807) is 0 Å². The van der Waals surface area contributed by atoms with E-state index in [4.69, 9.17) is 0 Å². The Bertz CT molecular complexity index is 457. The van der Waals surface area contributed by atoms with Gasteiger partial charge >= 0.3 is 6.03 Å². The minimum Gasteiger partial charge on any atom is -0.333 e. The van der Waals surface area contributed by atoms with Crippen molar-refractivity contribution < 1.29 is 4.79 Å². The van der Waals surface area contributed by atoms with Crippen LogP contribution >= 0.6 is 0 Å². The maximum Gasteiger partial charge on any atom is 0.317 e. The summed E-state index contributed by atoms with van der Waals surface area (Å²) in [6.45, 7) is 11.5. The zero-order valence-corrected chi connectivity index (χ0v) is 16.1. The summed E-state index contributed by atoms with van der Waals surface area (Å²) in [5, 5.41) is 7.38. The number of hydrogen-bond donors (Lipinski definition) is 2. The van der Waals surface area contributed by atoms with Gasteiger partial charge in [-0.25, -0.2) is 4.79 Å². The second-order valence-corrected chi connectivity index (χ2v) is 8.10. The summed E-state index contributed by atoms with van der Waals surface area (Å²) < 4.78 is 0. The van der Waals surface area contributed by atoms with Gasteiger partial charge in [0.05, 0.1) is 6.04 Å². The lowest BCUT2D eigenvalue weighted by Crippen LogP contribution is -2.38. The molecule has 2 N–H and O–H groups in total. The lowest BCUT2D eigenvalue weighted by molar-refractivity contribution is 0.150. The molecular formula is C18H35N5O.